The molecule has 1 rings (SSSR count). The topological polar surface area (TPSA) is 87.3 Å². The largest absolute Gasteiger partial charge is 0.355 e. The van der Waals surface area contributed by atoms with Crippen molar-refractivity contribution in [3.8, 4) is 0 Å². The van der Waals surface area contributed by atoms with Crippen LogP contribution in [0.1, 0.15) is 44.9 Å². The molecule has 0 bridgehead atoms. The molecule has 0 aromatic heterocycles. The number of hydrogen-bond acceptors (Lipinski definition) is 3. The van der Waals surface area contributed by atoms with E-state index in [0.717, 1.165) is 0 Å². The number of carbonyl (C=O) groups excluding carboxylic acids is 3. The first-order valence-electron chi connectivity index (χ1n) is 6.29. The summed E-state index contributed by atoms with van der Waals surface area (Å²) < 4.78 is 0. The van der Waals surface area contributed by atoms with Crippen LogP contribution in [0.4, 0.5) is 0 Å². The number of carbonyl (C=O) groups is 3. The summed E-state index contributed by atoms with van der Waals surface area (Å²) in [4.78, 5) is 35.4. The minimum atomic E-state index is -0.352. The van der Waals surface area contributed by atoms with Crippen LogP contribution in [0, 0.1) is 0 Å². The fraction of sp³-hybridized carbons (Fsp3) is 0.357. The van der Waals surface area contributed by atoms with Gasteiger partial charge in [-0.1, -0.05) is 0 Å². The van der Waals surface area contributed by atoms with E-state index >= 15 is 0 Å². The maximum atomic E-state index is 12.0. The Hall–Kier alpha value is -2.37. The molecule has 6 nitrogen and oxygen atoms in total. The van der Waals surface area contributed by atoms with Crippen molar-refractivity contribution in [1.82, 2.24) is 16.0 Å². The number of amides is 3. The summed E-state index contributed by atoms with van der Waals surface area (Å²) in [5.41, 5.74) is 0.809. The van der Waals surface area contributed by atoms with Crippen LogP contribution in [0.3, 0.4) is 0 Å². The monoisotopic (exact) mass is 277 g/mol. The zero-order valence-corrected chi connectivity index (χ0v) is 12.0. The van der Waals surface area contributed by atoms with Crippen molar-refractivity contribution in [1.29, 1.82) is 0 Å². The quantitative estimate of drug-likeness (QED) is 0.751. The second kappa shape index (κ2) is 6.70. The van der Waals surface area contributed by atoms with Crippen LogP contribution in [0.5, 0.6) is 0 Å². The van der Waals surface area contributed by atoms with Crippen molar-refractivity contribution in [2.24, 2.45) is 0 Å². The van der Waals surface area contributed by atoms with Crippen molar-refractivity contribution < 1.29 is 14.4 Å². The maximum absolute atomic E-state index is 12.0. The number of benzene rings is 1. The molecule has 0 aliphatic carbocycles. The van der Waals surface area contributed by atoms with E-state index in [1.165, 1.54) is 32.3 Å². The summed E-state index contributed by atoms with van der Waals surface area (Å²) in [5, 5.41) is 7.66. The lowest BCUT2D eigenvalue weighted by Gasteiger charge is -2.11. The molecule has 0 spiro atoms. The zero-order valence-electron chi connectivity index (χ0n) is 12.0. The van der Waals surface area contributed by atoms with Gasteiger partial charge in [-0.2, -0.15) is 0 Å². The fourth-order valence-corrected chi connectivity index (χ4v) is 1.66. The van der Waals surface area contributed by atoms with Crippen LogP contribution in [-0.2, 0) is 0 Å². The molecule has 3 amide bonds. The summed E-state index contributed by atoms with van der Waals surface area (Å²) in [6, 6.07) is 4.34. The van der Waals surface area contributed by atoms with Gasteiger partial charge in [-0.15, -0.1) is 0 Å². The van der Waals surface area contributed by atoms with Crippen LogP contribution in [0.25, 0.3) is 0 Å². The van der Waals surface area contributed by atoms with Gasteiger partial charge in [0, 0.05) is 36.8 Å². The molecule has 0 saturated carbocycles. The molecule has 1 aromatic rings. The van der Waals surface area contributed by atoms with E-state index in [0.29, 0.717) is 0 Å². The van der Waals surface area contributed by atoms with Crippen LogP contribution >= 0.6 is 0 Å². The van der Waals surface area contributed by atoms with E-state index in [9.17, 15) is 14.4 Å². The highest BCUT2D eigenvalue weighted by Gasteiger charge is 2.15. The second-order valence-electron chi connectivity index (χ2n) is 4.59. The summed E-state index contributed by atoms with van der Waals surface area (Å²) in [7, 11) is 2.98. The first-order chi connectivity index (χ1) is 9.38. The summed E-state index contributed by atoms with van der Waals surface area (Å²) in [6.45, 7) is 3.67. The Labute approximate surface area is 117 Å². The molecule has 3 N–H and O–H groups in total. The molecule has 0 fully saturated rings. The van der Waals surface area contributed by atoms with Gasteiger partial charge in [-0.3, -0.25) is 14.4 Å². The number of nitrogens with one attached hydrogen (secondary N) is 3. The van der Waals surface area contributed by atoms with Gasteiger partial charge in [0.1, 0.15) is 0 Å². The first kappa shape index (κ1) is 15.7. The Morgan fingerprint density at radius 1 is 0.800 bits per heavy atom. The molecule has 0 aliphatic rings. The molecule has 0 radical (unpaired) electrons. The average Bonchev–Trinajstić information content (AvgIpc) is 2.44. The molecule has 0 aliphatic heterocycles. The molecule has 108 valence electrons. The molecule has 0 atom stereocenters. The maximum Gasteiger partial charge on any atom is 0.251 e. The van der Waals surface area contributed by atoms with Gasteiger partial charge in [-0.05, 0) is 32.0 Å². The number of rotatable bonds is 4. The third-order valence-electron chi connectivity index (χ3n) is 2.59. The van der Waals surface area contributed by atoms with E-state index < -0.39 is 0 Å². The lowest BCUT2D eigenvalue weighted by atomic mass is 10.0. The Bertz CT molecular complexity index is 504. The van der Waals surface area contributed by atoms with Crippen LogP contribution in [0.2, 0.25) is 0 Å². The predicted molar refractivity (Wildman–Crippen MR) is 75.8 cm³/mol. The van der Waals surface area contributed by atoms with E-state index in [1.54, 1.807) is 0 Å². The van der Waals surface area contributed by atoms with Gasteiger partial charge in [0.15, 0.2) is 0 Å². The van der Waals surface area contributed by atoms with Gasteiger partial charge >= 0.3 is 0 Å². The standard InChI is InChI=1S/C14H19N3O3/c1-8(2)17-14(20)11-6-9(12(18)15-3)5-10(7-11)13(19)16-4/h5-8H,1-4H3,(H,15,18)(H,16,19)(H,17,20). The van der Waals surface area contributed by atoms with Gasteiger partial charge in [0.2, 0.25) is 0 Å². The number of hydrogen-bond donors (Lipinski definition) is 3. The molecule has 0 saturated heterocycles. The molecule has 0 heterocycles. The Morgan fingerprint density at radius 3 is 1.45 bits per heavy atom. The molecular formula is C14H19N3O3. The van der Waals surface area contributed by atoms with E-state index in [1.807, 2.05) is 13.8 Å². The van der Waals surface area contributed by atoms with Crippen molar-refractivity contribution in [3.63, 3.8) is 0 Å². The SMILES string of the molecule is CNC(=O)c1cc(C(=O)NC)cc(C(=O)NC(C)C)c1. The van der Waals surface area contributed by atoms with Gasteiger partial charge in [0.05, 0.1) is 0 Å². The third-order valence-corrected chi connectivity index (χ3v) is 2.59. The predicted octanol–water partition coefficient (Wildman–Crippen LogP) is 0.544. The van der Waals surface area contributed by atoms with Gasteiger partial charge in [-0.25, -0.2) is 0 Å². The van der Waals surface area contributed by atoms with E-state index in [4.69, 9.17) is 0 Å². The van der Waals surface area contributed by atoms with E-state index in [2.05, 4.69) is 16.0 Å². The van der Waals surface area contributed by atoms with Crippen molar-refractivity contribution in [2.45, 2.75) is 19.9 Å². The summed E-state index contributed by atoms with van der Waals surface area (Å²) >= 11 is 0. The summed E-state index contributed by atoms with van der Waals surface area (Å²) in [5.74, 6) is -1.03. The average molecular weight is 277 g/mol. The lowest BCUT2D eigenvalue weighted by Crippen LogP contribution is -2.31. The minimum Gasteiger partial charge on any atom is -0.355 e. The van der Waals surface area contributed by atoms with Gasteiger partial charge < -0.3 is 16.0 Å². The van der Waals surface area contributed by atoms with Gasteiger partial charge in [0.25, 0.3) is 17.7 Å². The van der Waals surface area contributed by atoms with Crippen LogP contribution < -0.4 is 16.0 Å². The Morgan fingerprint density at radius 2 is 1.15 bits per heavy atom. The first-order valence-corrected chi connectivity index (χ1v) is 6.29. The second-order valence-corrected chi connectivity index (χ2v) is 4.59. The molecule has 0 unspecified atom stereocenters. The van der Waals surface area contributed by atoms with Crippen LogP contribution in [0.15, 0.2) is 18.2 Å². The lowest BCUT2D eigenvalue weighted by molar-refractivity contribution is 0.0943. The molecular weight excluding hydrogens is 258 g/mol. The highest BCUT2D eigenvalue weighted by Crippen LogP contribution is 2.11. The molecule has 20 heavy (non-hydrogen) atoms. The van der Waals surface area contributed by atoms with Crippen molar-refractivity contribution in [3.05, 3.63) is 34.9 Å². The van der Waals surface area contributed by atoms with E-state index in [-0.39, 0.29) is 40.5 Å². The highest BCUT2D eigenvalue weighted by molar-refractivity contribution is 6.04. The zero-order chi connectivity index (χ0) is 15.3. The van der Waals surface area contributed by atoms with Crippen LogP contribution in [-0.4, -0.2) is 37.9 Å². The van der Waals surface area contributed by atoms with Crippen molar-refractivity contribution >= 4 is 17.7 Å². The summed E-state index contributed by atoms with van der Waals surface area (Å²) in [6.07, 6.45) is 0. The normalized spacial score (nSPS) is 10.1. The Balaban J connectivity index is 3.26. The molecule has 6 heteroatoms. The highest BCUT2D eigenvalue weighted by atomic mass is 16.2. The fourth-order valence-electron chi connectivity index (χ4n) is 1.66. The smallest absolute Gasteiger partial charge is 0.251 e. The van der Waals surface area contributed by atoms with Crippen molar-refractivity contribution in [2.75, 3.05) is 14.1 Å². The minimum absolute atomic E-state index is 0.0328. The third kappa shape index (κ3) is 3.81. The Kier molecular flexibility index (Phi) is 5.25. The molecule has 1 aromatic carbocycles.